The molecule has 1 fully saturated rings. The summed E-state index contributed by atoms with van der Waals surface area (Å²) >= 11 is 1.58. The van der Waals surface area contributed by atoms with Crippen LogP contribution in [0.2, 0.25) is 0 Å². The zero-order chi connectivity index (χ0) is 8.60. The minimum atomic E-state index is -0.440. The van der Waals surface area contributed by atoms with E-state index >= 15 is 0 Å². The first-order valence-corrected chi connectivity index (χ1v) is 4.56. The summed E-state index contributed by atoms with van der Waals surface area (Å²) < 4.78 is 5.03. The molecule has 3 nitrogen and oxygen atoms in total. The number of aryl methyl sites for hydroxylation is 1. The first-order valence-electron chi connectivity index (χ1n) is 3.68. The van der Waals surface area contributed by atoms with E-state index in [1.54, 1.807) is 11.3 Å². The number of aromatic nitrogens is 1. The number of rotatable bonds is 1. The summed E-state index contributed by atoms with van der Waals surface area (Å²) in [6.07, 6.45) is 0. The minimum Gasteiger partial charge on any atom is -0.377 e. The van der Waals surface area contributed by atoms with E-state index < -0.39 is 5.41 Å². The lowest BCUT2D eigenvalue weighted by Gasteiger charge is -2.33. The van der Waals surface area contributed by atoms with Crippen LogP contribution in [-0.2, 0) is 10.2 Å². The molecule has 0 N–H and O–H groups in total. The van der Waals surface area contributed by atoms with Crippen LogP contribution in [0.25, 0.3) is 0 Å². The Kier molecular flexibility index (Phi) is 1.63. The zero-order valence-corrected chi connectivity index (χ0v) is 7.52. The average Bonchev–Trinajstić information content (AvgIpc) is 2.35. The molecule has 0 spiro atoms. The SMILES string of the molecule is Cc1nc(C2(C#N)COC2)cs1. The van der Waals surface area contributed by atoms with Gasteiger partial charge in [-0.15, -0.1) is 11.3 Å². The van der Waals surface area contributed by atoms with Gasteiger partial charge in [0.05, 0.1) is 30.0 Å². The fraction of sp³-hybridized carbons (Fsp3) is 0.500. The zero-order valence-electron chi connectivity index (χ0n) is 6.70. The number of hydrogen-bond acceptors (Lipinski definition) is 4. The van der Waals surface area contributed by atoms with Crippen LogP contribution in [0, 0.1) is 18.3 Å². The van der Waals surface area contributed by atoms with Crippen molar-refractivity contribution in [1.82, 2.24) is 4.98 Å². The molecule has 1 aromatic rings. The Morgan fingerprint density at radius 1 is 1.75 bits per heavy atom. The molecule has 0 bridgehead atoms. The van der Waals surface area contributed by atoms with E-state index in [1.807, 2.05) is 12.3 Å². The number of hydrogen-bond donors (Lipinski definition) is 0. The predicted molar refractivity (Wildman–Crippen MR) is 45.0 cm³/mol. The van der Waals surface area contributed by atoms with Gasteiger partial charge in [-0.3, -0.25) is 0 Å². The number of ether oxygens (including phenoxy) is 1. The highest BCUT2D eigenvalue weighted by Crippen LogP contribution is 2.31. The maximum Gasteiger partial charge on any atom is 0.146 e. The number of nitriles is 1. The topological polar surface area (TPSA) is 45.9 Å². The van der Waals surface area contributed by atoms with Crippen molar-refractivity contribution in [3.8, 4) is 6.07 Å². The van der Waals surface area contributed by atoms with Crippen molar-refractivity contribution in [1.29, 1.82) is 5.26 Å². The summed E-state index contributed by atoms with van der Waals surface area (Å²) in [6.45, 7) is 2.93. The predicted octanol–water partition coefficient (Wildman–Crippen LogP) is 1.24. The van der Waals surface area contributed by atoms with Crippen molar-refractivity contribution in [3.05, 3.63) is 16.1 Å². The molecule has 4 heteroatoms. The molecule has 1 aliphatic rings. The first-order chi connectivity index (χ1) is 5.77. The van der Waals surface area contributed by atoms with Crippen LogP contribution in [0.3, 0.4) is 0 Å². The Morgan fingerprint density at radius 2 is 2.50 bits per heavy atom. The van der Waals surface area contributed by atoms with Gasteiger partial charge in [0.1, 0.15) is 5.41 Å². The molecule has 1 aliphatic heterocycles. The van der Waals surface area contributed by atoms with Gasteiger partial charge in [0.2, 0.25) is 0 Å². The normalized spacial score (nSPS) is 19.7. The Hall–Kier alpha value is -0.920. The fourth-order valence-corrected chi connectivity index (χ4v) is 1.87. The van der Waals surface area contributed by atoms with E-state index in [1.165, 1.54) is 0 Å². The van der Waals surface area contributed by atoms with E-state index in [0.717, 1.165) is 10.7 Å². The molecular weight excluding hydrogens is 172 g/mol. The third-order valence-corrected chi connectivity index (χ3v) is 2.79. The van der Waals surface area contributed by atoms with Crippen molar-refractivity contribution in [2.24, 2.45) is 0 Å². The molecule has 1 saturated heterocycles. The van der Waals surface area contributed by atoms with Gasteiger partial charge < -0.3 is 4.74 Å². The number of thiazole rings is 1. The summed E-state index contributed by atoms with van der Waals surface area (Å²) in [7, 11) is 0. The summed E-state index contributed by atoms with van der Waals surface area (Å²) in [5.74, 6) is 0. The molecule has 0 aliphatic carbocycles. The van der Waals surface area contributed by atoms with Crippen molar-refractivity contribution < 1.29 is 4.74 Å². The first kappa shape index (κ1) is 7.71. The standard InChI is InChI=1S/C8H8N2OS/c1-6-10-7(2-12-6)8(3-9)4-11-5-8/h2H,4-5H2,1H3. The molecular formula is C8H8N2OS. The lowest BCUT2D eigenvalue weighted by Crippen LogP contribution is -2.45. The molecule has 1 aromatic heterocycles. The van der Waals surface area contributed by atoms with Crippen LogP contribution in [0.15, 0.2) is 5.38 Å². The smallest absolute Gasteiger partial charge is 0.146 e. The van der Waals surface area contributed by atoms with Crippen molar-refractivity contribution in [3.63, 3.8) is 0 Å². The van der Waals surface area contributed by atoms with Crippen LogP contribution in [0.4, 0.5) is 0 Å². The van der Waals surface area contributed by atoms with Crippen LogP contribution in [0.5, 0.6) is 0 Å². The molecule has 0 atom stereocenters. The van der Waals surface area contributed by atoms with Crippen molar-refractivity contribution in [2.45, 2.75) is 12.3 Å². The van der Waals surface area contributed by atoms with E-state index in [-0.39, 0.29) is 0 Å². The highest BCUT2D eigenvalue weighted by molar-refractivity contribution is 7.09. The second kappa shape index (κ2) is 2.54. The molecule has 2 heterocycles. The Labute approximate surface area is 74.6 Å². The minimum absolute atomic E-state index is 0.440. The van der Waals surface area contributed by atoms with Crippen LogP contribution in [0.1, 0.15) is 10.7 Å². The Bertz CT molecular complexity index is 335. The maximum atomic E-state index is 8.93. The van der Waals surface area contributed by atoms with Crippen molar-refractivity contribution >= 4 is 11.3 Å². The quantitative estimate of drug-likeness (QED) is 0.653. The molecule has 0 amide bonds. The Morgan fingerprint density at radius 3 is 2.83 bits per heavy atom. The molecule has 0 saturated carbocycles. The van der Waals surface area contributed by atoms with Gasteiger partial charge in [-0.2, -0.15) is 5.26 Å². The maximum absolute atomic E-state index is 8.93. The van der Waals surface area contributed by atoms with Crippen molar-refractivity contribution in [2.75, 3.05) is 13.2 Å². The average molecular weight is 180 g/mol. The number of nitrogens with zero attached hydrogens (tertiary/aromatic N) is 2. The third kappa shape index (κ3) is 0.942. The lowest BCUT2D eigenvalue weighted by molar-refractivity contribution is -0.0315. The Balaban J connectivity index is 2.35. The van der Waals surface area contributed by atoms with E-state index in [4.69, 9.17) is 10.00 Å². The molecule has 0 unspecified atom stereocenters. The van der Waals surface area contributed by atoms with E-state index in [9.17, 15) is 0 Å². The molecule has 62 valence electrons. The van der Waals surface area contributed by atoms with Gasteiger partial charge in [0.25, 0.3) is 0 Å². The van der Waals surface area contributed by atoms with Crippen LogP contribution in [-0.4, -0.2) is 18.2 Å². The third-order valence-electron chi connectivity index (χ3n) is 2.02. The van der Waals surface area contributed by atoms with E-state index in [2.05, 4.69) is 11.1 Å². The summed E-state index contributed by atoms with van der Waals surface area (Å²) in [5.41, 5.74) is 0.434. The summed E-state index contributed by atoms with van der Waals surface area (Å²) in [5, 5.41) is 11.9. The van der Waals surface area contributed by atoms with Gasteiger partial charge in [-0.25, -0.2) is 4.98 Å². The highest BCUT2D eigenvalue weighted by Gasteiger charge is 2.42. The van der Waals surface area contributed by atoms with Gasteiger partial charge in [-0.05, 0) is 6.92 Å². The monoisotopic (exact) mass is 180 g/mol. The van der Waals surface area contributed by atoms with Gasteiger partial charge in [0.15, 0.2) is 0 Å². The van der Waals surface area contributed by atoms with Gasteiger partial charge in [-0.1, -0.05) is 0 Å². The molecule has 0 aromatic carbocycles. The molecule has 0 radical (unpaired) electrons. The van der Waals surface area contributed by atoms with E-state index in [0.29, 0.717) is 13.2 Å². The van der Waals surface area contributed by atoms with Gasteiger partial charge >= 0.3 is 0 Å². The second-order valence-electron chi connectivity index (χ2n) is 2.94. The summed E-state index contributed by atoms with van der Waals surface area (Å²) in [4.78, 5) is 4.29. The molecule has 12 heavy (non-hydrogen) atoms. The molecule has 2 rings (SSSR count). The lowest BCUT2D eigenvalue weighted by atomic mass is 9.85. The largest absolute Gasteiger partial charge is 0.377 e. The summed E-state index contributed by atoms with van der Waals surface area (Å²) in [6, 6.07) is 2.26. The second-order valence-corrected chi connectivity index (χ2v) is 4.00. The fourth-order valence-electron chi connectivity index (χ4n) is 1.16. The van der Waals surface area contributed by atoms with Crippen LogP contribution >= 0.6 is 11.3 Å². The van der Waals surface area contributed by atoms with Gasteiger partial charge in [0, 0.05) is 5.38 Å². The van der Waals surface area contributed by atoms with Crippen LogP contribution < -0.4 is 0 Å². The highest BCUT2D eigenvalue weighted by atomic mass is 32.1.